The highest BCUT2D eigenvalue weighted by Gasteiger charge is 2.33. The third-order valence-electron chi connectivity index (χ3n) is 5.23. The smallest absolute Gasteiger partial charge is 0.244 e. The maximum absolute atomic E-state index is 13.7. The van der Waals surface area contributed by atoms with Crippen molar-refractivity contribution in [3.63, 3.8) is 0 Å². The molecule has 8 nitrogen and oxygen atoms in total. The number of halogens is 1. The molecule has 0 fully saturated rings. The summed E-state index contributed by atoms with van der Waals surface area (Å²) < 4.78 is 32.2. The van der Waals surface area contributed by atoms with Crippen molar-refractivity contribution in [2.45, 2.75) is 52.7 Å². The molecule has 0 spiro atoms. The standard InChI is InChI=1S/C25H34ClN3O5S/c1-6-21(25(31)27-18(3)4)28(16-19-12-8-9-13-20(19)26)24(30)17-29(35(5,32)33)22-14-10-11-15-23(22)34-7-2/h8-15,18,21H,6-7,16-17H2,1-5H3,(H,27,31)/t21-/m1/s1. The van der Waals surface area contributed by atoms with E-state index >= 15 is 0 Å². The average molecular weight is 524 g/mol. The lowest BCUT2D eigenvalue weighted by Gasteiger charge is -2.33. The highest BCUT2D eigenvalue weighted by atomic mass is 35.5. The van der Waals surface area contributed by atoms with E-state index in [9.17, 15) is 18.0 Å². The van der Waals surface area contributed by atoms with Crippen molar-refractivity contribution in [3.8, 4) is 5.75 Å². The SMILES string of the molecule is CCOc1ccccc1N(CC(=O)N(Cc1ccccc1Cl)[C@H](CC)C(=O)NC(C)C)S(C)(=O)=O. The van der Waals surface area contributed by atoms with Crippen LogP contribution >= 0.6 is 11.6 Å². The highest BCUT2D eigenvalue weighted by molar-refractivity contribution is 7.92. The van der Waals surface area contributed by atoms with Crippen LogP contribution in [-0.2, 0) is 26.2 Å². The minimum Gasteiger partial charge on any atom is -0.492 e. The van der Waals surface area contributed by atoms with Gasteiger partial charge in [-0.25, -0.2) is 8.42 Å². The fraction of sp³-hybridized carbons (Fsp3) is 0.440. The Hall–Kier alpha value is -2.78. The molecular formula is C25H34ClN3O5S. The fourth-order valence-corrected chi connectivity index (χ4v) is 4.69. The fourth-order valence-electron chi connectivity index (χ4n) is 3.65. The van der Waals surface area contributed by atoms with Gasteiger partial charge in [-0.1, -0.05) is 48.9 Å². The minimum atomic E-state index is -3.86. The van der Waals surface area contributed by atoms with Gasteiger partial charge in [-0.15, -0.1) is 0 Å². The van der Waals surface area contributed by atoms with E-state index in [0.29, 0.717) is 29.4 Å². The van der Waals surface area contributed by atoms with E-state index in [1.807, 2.05) is 13.8 Å². The first-order chi connectivity index (χ1) is 16.5. The first-order valence-electron chi connectivity index (χ1n) is 11.5. The van der Waals surface area contributed by atoms with Gasteiger partial charge in [0.2, 0.25) is 21.8 Å². The second-order valence-electron chi connectivity index (χ2n) is 8.37. The lowest BCUT2D eigenvalue weighted by Crippen LogP contribution is -2.53. The minimum absolute atomic E-state index is 0.0488. The maximum atomic E-state index is 13.7. The number of para-hydroxylation sites is 2. The summed E-state index contributed by atoms with van der Waals surface area (Å²) in [5.41, 5.74) is 0.904. The number of rotatable bonds is 12. The average Bonchev–Trinajstić information content (AvgIpc) is 2.78. The zero-order chi connectivity index (χ0) is 26.2. The van der Waals surface area contributed by atoms with Crippen LogP contribution in [0.2, 0.25) is 5.02 Å². The van der Waals surface area contributed by atoms with Gasteiger partial charge in [0.05, 0.1) is 18.6 Å². The molecular weight excluding hydrogens is 490 g/mol. The summed E-state index contributed by atoms with van der Waals surface area (Å²) in [6.45, 7) is 7.13. The Labute approximate surface area is 213 Å². The van der Waals surface area contributed by atoms with E-state index in [1.165, 1.54) is 4.90 Å². The quantitative estimate of drug-likeness (QED) is 0.456. The summed E-state index contributed by atoms with van der Waals surface area (Å²) in [5.74, 6) is -0.508. The Morgan fingerprint density at radius 3 is 2.26 bits per heavy atom. The maximum Gasteiger partial charge on any atom is 0.244 e. The second kappa shape index (κ2) is 12.8. The van der Waals surface area contributed by atoms with E-state index < -0.39 is 28.5 Å². The van der Waals surface area contributed by atoms with E-state index in [0.717, 1.165) is 10.6 Å². The predicted molar refractivity (Wildman–Crippen MR) is 139 cm³/mol. The van der Waals surface area contributed by atoms with Crippen LogP contribution in [-0.4, -0.2) is 56.6 Å². The molecule has 0 heterocycles. The Morgan fingerprint density at radius 2 is 1.69 bits per heavy atom. The van der Waals surface area contributed by atoms with E-state index in [-0.39, 0.29) is 24.2 Å². The van der Waals surface area contributed by atoms with E-state index in [1.54, 1.807) is 62.4 Å². The summed E-state index contributed by atoms with van der Waals surface area (Å²) >= 11 is 6.35. The highest BCUT2D eigenvalue weighted by Crippen LogP contribution is 2.30. The molecule has 2 aromatic carbocycles. The van der Waals surface area contributed by atoms with Crippen LogP contribution in [0.1, 0.15) is 39.7 Å². The Kier molecular flexibility index (Phi) is 10.4. The summed E-state index contributed by atoms with van der Waals surface area (Å²) in [5, 5.41) is 3.30. The number of sulfonamides is 1. The molecule has 192 valence electrons. The van der Waals surface area contributed by atoms with Gasteiger partial charge < -0.3 is 15.0 Å². The van der Waals surface area contributed by atoms with Gasteiger partial charge in [0.25, 0.3) is 0 Å². The van der Waals surface area contributed by atoms with Crippen LogP contribution in [0.5, 0.6) is 5.75 Å². The normalized spacial score (nSPS) is 12.2. The summed E-state index contributed by atoms with van der Waals surface area (Å²) in [6.07, 6.45) is 1.37. The van der Waals surface area contributed by atoms with Crippen molar-refractivity contribution in [2.24, 2.45) is 0 Å². The Balaban J connectivity index is 2.50. The van der Waals surface area contributed by atoms with Crippen molar-refractivity contribution in [3.05, 3.63) is 59.1 Å². The van der Waals surface area contributed by atoms with Crippen LogP contribution in [0, 0.1) is 0 Å². The number of hydrogen-bond acceptors (Lipinski definition) is 5. The molecule has 0 aliphatic rings. The lowest BCUT2D eigenvalue weighted by molar-refractivity contribution is -0.140. The molecule has 0 saturated heterocycles. The van der Waals surface area contributed by atoms with Crippen molar-refractivity contribution in [1.82, 2.24) is 10.2 Å². The number of amides is 2. The zero-order valence-corrected chi connectivity index (χ0v) is 22.4. The molecule has 0 saturated carbocycles. The molecule has 0 aliphatic carbocycles. The van der Waals surface area contributed by atoms with Crippen molar-refractivity contribution in [1.29, 1.82) is 0 Å². The van der Waals surface area contributed by atoms with Gasteiger partial charge in [0.15, 0.2) is 0 Å². The molecule has 35 heavy (non-hydrogen) atoms. The molecule has 1 N–H and O–H groups in total. The van der Waals surface area contributed by atoms with E-state index in [2.05, 4.69) is 5.32 Å². The lowest BCUT2D eigenvalue weighted by atomic mass is 10.1. The van der Waals surface area contributed by atoms with E-state index in [4.69, 9.17) is 16.3 Å². The number of benzene rings is 2. The third kappa shape index (κ3) is 7.86. The van der Waals surface area contributed by atoms with Gasteiger partial charge in [0, 0.05) is 17.6 Å². The van der Waals surface area contributed by atoms with Gasteiger partial charge in [-0.2, -0.15) is 0 Å². The predicted octanol–water partition coefficient (Wildman–Crippen LogP) is 3.84. The van der Waals surface area contributed by atoms with Crippen LogP contribution < -0.4 is 14.4 Å². The van der Waals surface area contributed by atoms with Gasteiger partial charge in [-0.05, 0) is 51.0 Å². The van der Waals surface area contributed by atoms with Gasteiger partial charge in [-0.3, -0.25) is 13.9 Å². The largest absolute Gasteiger partial charge is 0.492 e. The first kappa shape index (κ1) is 28.5. The molecule has 10 heteroatoms. The van der Waals surface area contributed by atoms with Crippen molar-refractivity contribution < 1.29 is 22.7 Å². The summed E-state index contributed by atoms with van der Waals surface area (Å²) in [6, 6.07) is 12.7. The molecule has 0 radical (unpaired) electrons. The van der Waals surface area contributed by atoms with Crippen LogP contribution in [0.4, 0.5) is 5.69 Å². The van der Waals surface area contributed by atoms with Gasteiger partial charge in [0.1, 0.15) is 18.3 Å². The van der Waals surface area contributed by atoms with Crippen molar-refractivity contribution >= 4 is 39.1 Å². The third-order valence-corrected chi connectivity index (χ3v) is 6.72. The number of carbonyl (C=O) groups is 2. The molecule has 2 rings (SSSR count). The van der Waals surface area contributed by atoms with Crippen LogP contribution in [0.3, 0.4) is 0 Å². The number of nitrogens with zero attached hydrogens (tertiary/aromatic N) is 2. The summed E-state index contributed by atoms with van der Waals surface area (Å²) in [7, 11) is -3.86. The molecule has 0 unspecified atom stereocenters. The number of carbonyl (C=O) groups excluding carboxylic acids is 2. The number of anilines is 1. The second-order valence-corrected chi connectivity index (χ2v) is 10.7. The number of nitrogens with one attached hydrogen (secondary N) is 1. The molecule has 0 aromatic heterocycles. The van der Waals surface area contributed by atoms with Gasteiger partial charge >= 0.3 is 0 Å². The topological polar surface area (TPSA) is 96.0 Å². The molecule has 1 atom stereocenters. The Bertz CT molecular complexity index is 1120. The zero-order valence-electron chi connectivity index (χ0n) is 20.8. The monoisotopic (exact) mass is 523 g/mol. The molecule has 2 amide bonds. The van der Waals surface area contributed by atoms with Crippen molar-refractivity contribution in [2.75, 3.05) is 23.7 Å². The molecule has 2 aromatic rings. The summed E-state index contributed by atoms with van der Waals surface area (Å²) in [4.78, 5) is 28.1. The number of ether oxygens (including phenoxy) is 1. The molecule has 0 aliphatic heterocycles. The molecule has 0 bridgehead atoms. The Morgan fingerprint density at radius 1 is 1.06 bits per heavy atom. The first-order valence-corrected chi connectivity index (χ1v) is 13.7. The van der Waals surface area contributed by atoms with Crippen LogP contribution in [0.25, 0.3) is 0 Å². The van der Waals surface area contributed by atoms with Crippen LogP contribution in [0.15, 0.2) is 48.5 Å². The number of hydrogen-bond donors (Lipinski definition) is 1.